The predicted octanol–water partition coefficient (Wildman–Crippen LogP) is -0.378. The number of nitrogens with one attached hydrogen (secondary N) is 5. The number of unbranched alkanes of at least 4 members (excludes halogenated alkanes) is 1. The number of carbonyl (C=O) groups excluding carboxylic acids is 4. The van der Waals surface area contributed by atoms with Crippen molar-refractivity contribution in [3.05, 3.63) is 48.0 Å². The van der Waals surface area contributed by atoms with E-state index >= 15 is 0 Å². The van der Waals surface area contributed by atoms with Gasteiger partial charge in [0.2, 0.25) is 17.7 Å². The highest BCUT2D eigenvalue weighted by Crippen LogP contribution is 2.29. The van der Waals surface area contributed by atoms with Gasteiger partial charge in [-0.1, -0.05) is 42.4 Å². The molecule has 0 bridgehead atoms. The van der Waals surface area contributed by atoms with Crippen LogP contribution in [0.15, 0.2) is 42.4 Å². The highest BCUT2D eigenvalue weighted by molar-refractivity contribution is 5.90. The molecule has 2 aromatic carbocycles. The van der Waals surface area contributed by atoms with E-state index in [0.717, 1.165) is 5.39 Å². The number of carboxylic acids is 6. The summed E-state index contributed by atoms with van der Waals surface area (Å²) in [6.07, 6.45) is 1.48. The van der Waals surface area contributed by atoms with Gasteiger partial charge in [0.25, 0.3) is 0 Å². The minimum Gasteiger partial charge on any atom is -0.481 e. The summed E-state index contributed by atoms with van der Waals surface area (Å²) in [5.74, 6) is -8.95. The molecule has 0 aromatic heterocycles. The second-order valence-electron chi connectivity index (χ2n) is 18.8. The molecular weight excluding hydrogens is 971 g/mol. The van der Waals surface area contributed by atoms with Crippen LogP contribution >= 0.6 is 0 Å². The molecule has 1 heterocycles. The van der Waals surface area contributed by atoms with E-state index in [2.05, 4.69) is 26.6 Å². The molecule has 25 heteroatoms. The molecular formula is C49H71N9O16. The fourth-order valence-corrected chi connectivity index (χ4v) is 8.88. The SMILES string of the molecule is [3H]c1c(C[C@H](NC(=O)C2CCC(CNC(=O)CN3CCN(CC(=O)O)CCN(CC(=O)O)CCN(CC(=O)O)CC3)CC2)C(=O)NCCCC[C@H](NC(=O)N[C@@H](CCC(=O)O)C(=O)O)C(=O)O)ccc2ccccc12. The molecule has 0 spiro atoms. The molecule has 3 atom stereocenters. The third kappa shape index (κ3) is 22.4. The molecule has 25 nitrogen and oxygen atoms in total. The molecule has 408 valence electrons. The molecule has 2 aromatic rings. The van der Waals surface area contributed by atoms with Gasteiger partial charge in [-0.3, -0.25) is 53.2 Å². The van der Waals surface area contributed by atoms with Gasteiger partial charge >= 0.3 is 41.8 Å². The average molecular weight is 1040 g/mol. The predicted molar refractivity (Wildman–Crippen MR) is 265 cm³/mol. The maximum atomic E-state index is 13.9. The quantitative estimate of drug-likeness (QED) is 0.0508. The molecule has 74 heavy (non-hydrogen) atoms. The Labute approximate surface area is 429 Å². The molecule has 0 unspecified atom stereocenters. The smallest absolute Gasteiger partial charge is 0.326 e. The lowest BCUT2D eigenvalue weighted by atomic mass is 9.81. The van der Waals surface area contributed by atoms with E-state index in [1.807, 2.05) is 23.1 Å². The van der Waals surface area contributed by atoms with Crippen molar-refractivity contribution in [1.82, 2.24) is 46.2 Å². The van der Waals surface area contributed by atoms with Crippen LogP contribution in [0.2, 0.25) is 0 Å². The molecule has 1 aliphatic carbocycles. The van der Waals surface area contributed by atoms with Gasteiger partial charge < -0.3 is 57.2 Å². The van der Waals surface area contributed by atoms with Crippen LogP contribution < -0.4 is 26.6 Å². The standard InChI is InChI=1S/C49H71N9O16/c59-40(28-55-17-19-56(29-42(62)63)21-23-58(31-44(66)67)24-22-57(20-18-55)30-43(64)65)51-27-32-8-12-35(13-9-32)45(68)52-39(26-33-10-11-34-5-1-2-6-36(34)25-33)46(69)50-16-4-3-7-37(47(70)71)53-49(74)54-38(48(72)73)14-15-41(60)61/h1-2,5-6,10-11,25,32,35,37-39H,3-4,7-9,12-24,26-31H2,(H,50,69)(H,51,59)(H,52,68)(H,60,61)(H,62,63)(H,64,65)(H,66,67)(H,70,71)(H,72,73)(H2,53,54,74)/t32?,35?,37-,38-,39-/m0/s1/i25T. The molecule has 0 radical (unpaired) electrons. The van der Waals surface area contributed by atoms with Crippen molar-refractivity contribution in [2.75, 3.05) is 91.6 Å². The van der Waals surface area contributed by atoms with Crippen molar-refractivity contribution in [1.29, 1.82) is 0 Å². The Bertz CT molecular complexity index is 2290. The Hall–Kier alpha value is -6.96. The summed E-state index contributed by atoms with van der Waals surface area (Å²) in [4.78, 5) is 129. The Kier molecular flexibility index (Phi) is 24.2. The Balaban J connectivity index is 1.32. The van der Waals surface area contributed by atoms with Crippen LogP contribution in [0.1, 0.15) is 64.7 Å². The Morgan fingerprint density at radius 3 is 1.55 bits per heavy atom. The number of carboxylic acid groups (broad SMARTS) is 6. The van der Waals surface area contributed by atoms with Crippen LogP contribution in [0.25, 0.3) is 10.8 Å². The summed E-state index contributed by atoms with van der Waals surface area (Å²) in [5.41, 5.74) is 0.516. The lowest BCUT2D eigenvalue weighted by molar-refractivity contribution is -0.141. The zero-order valence-corrected chi connectivity index (χ0v) is 41.4. The number of fused-ring (bicyclic) bond motifs is 1. The number of nitrogens with zero attached hydrogens (tertiary/aromatic N) is 4. The van der Waals surface area contributed by atoms with Crippen molar-refractivity contribution < 1.29 is 80.0 Å². The van der Waals surface area contributed by atoms with Gasteiger partial charge in [-0.25, -0.2) is 14.4 Å². The zero-order chi connectivity index (χ0) is 55.0. The topological polar surface area (TPSA) is 365 Å². The summed E-state index contributed by atoms with van der Waals surface area (Å²) in [5, 5.41) is 70.8. The number of benzene rings is 2. The van der Waals surface area contributed by atoms with Crippen molar-refractivity contribution in [3.63, 3.8) is 0 Å². The van der Waals surface area contributed by atoms with E-state index in [1.165, 1.54) is 0 Å². The average Bonchev–Trinajstić information content (AvgIpc) is 3.34. The summed E-state index contributed by atoms with van der Waals surface area (Å²) in [6.45, 7) is 1.55. The van der Waals surface area contributed by atoms with Gasteiger partial charge in [-0.05, 0) is 73.6 Å². The van der Waals surface area contributed by atoms with Crippen molar-refractivity contribution >= 4 is 70.3 Å². The number of hydrogen-bond donors (Lipinski definition) is 11. The minimum atomic E-state index is -1.56. The van der Waals surface area contributed by atoms with Gasteiger partial charge in [0.15, 0.2) is 0 Å². The van der Waals surface area contributed by atoms with E-state index in [0.29, 0.717) is 43.2 Å². The molecule has 1 saturated carbocycles. The fourth-order valence-electron chi connectivity index (χ4n) is 8.88. The lowest BCUT2D eigenvalue weighted by Crippen LogP contribution is -2.51. The monoisotopic (exact) mass is 1040 g/mol. The largest absolute Gasteiger partial charge is 0.481 e. The first-order valence-electron chi connectivity index (χ1n) is 25.3. The third-order valence-electron chi connectivity index (χ3n) is 13.0. The van der Waals surface area contributed by atoms with E-state index < -0.39 is 84.6 Å². The van der Waals surface area contributed by atoms with Crippen molar-refractivity contribution in [2.24, 2.45) is 11.8 Å². The Morgan fingerprint density at radius 1 is 0.554 bits per heavy atom. The highest BCUT2D eigenvalue weighted by Gasteiger charge is 2.31. The summed E-state index contributed by atoms with van der Waals surface area (Å²) < 4.78 is 8.89. The normalized spacial score (nSPS) is 18.9. The summed E-state index contributed by atoms with van der Waals surface area (Å²) in [6, 6.07) is 5.85. The second kappa shape index (κ2) is 30.9. The number of carbonyl (C=O) groups is 10. The van der Waals surface area contributed by atoms with E-state index in [-0.39, 0.29) is 135 Å². The molecule has 2 fully saturated rings. The van der Waals surface area contributed by atoms with Crippen molar-refractivity contribution in [2.45, 2.75) is 82.3 Å². The zero-order valence-electron chi connectivity index (χ0n) is 42.4. The number of urea groups is 1. The molecule has 1 aliphatic heterocycles. The summed E-state index contributed by atoms with van der Waals surface area (Å²) >= 11 is 0. The van der Waals surface area contributed by atoms with Gasteiger partial charge in [0, 0.05) is 84.2 Å². The molecule has 1 saturated heterocycles. The minimum absolute atomic E-state index is 0.00979. The van der Waals surface area contributed by atoms with E-state index in [1.54, 1.807) is 32.9 Å². The lowest BCUT2D eigenvalue weighted by Gasteiger charge is -2.33. The van der Waals surface area contributed by atoms with Crippen LogP contribution in [-0.4, -0.2) is 220 Å². The van der Waals surface area contributed by atoms with Crippen LogP contribution in [0, 0.1) is 11.8 Å². The van der Waals surface area contributed by atoms with Crippen molar-refractivity contribution in [3.8, 4) is 0 Å². The van der Waals surface area contributed by atoms with E-state index in [4.69, 9.17) is 6.48 Å². The number of rotatable bonds is 27. The molecule has 5 amide bonds. The molecule has 4 rings (SSSR count). The van der Waals surface area contributed by atoms with Gasteiger partial charge in [-0.15, -0.1) is 0 Å². The summed E-state index contributed by atoms with van der Waals surface area (Å²) in [7, 11) is 0. The van der Waals surface area contributed by atoms with E-state index in [9.17, 15) is 73.5 Å². The van der Waals surface area contributed by atoms with Gasteiger partial charge in [0.1, 0.15) is 18.1 Å². The number of aliphatic carboxylic acids is 6. The number of hydrogen-bond acceptors (Lipinski definition) is 14. The Morgan fingerprint density at radius 2 is 1.05 bits per heavy atom. The van der Waals surface area contributed by atoms with Crippen LogP contribution in [0.3, 0.4) is 0 Å². The highest BCUT2D eigenvalue weighted by atomic mass is 16.4. The number of amides is 5. The van der Waals surface area contributed by atoms with Crippen LogP contribution in [-0.2, 0) is 49.6 Å². The first-order chi connectivity index (χ1) is 35.7. The second-order valence-corrected chi connectivity index (χ2v) is 18.8. The third-order valence-corrected chi connectivity index (χ3v) is 13.0. The van der Waals surface area contributed by atoms with Gasteiger partial charge in [-0.2, -0.15) is 0 Å². The van der Waals surface area contributed by atoms with Crippen LogP contribution in [0.4, 0.5) is 4.79 Å². The first kappa shape index (κ1) is 57.9. The maximum absolute atomic E-state index is 13.9. The maximum Gasteiger partial charge on any atom is 0.326 e. The molecule has 2 aliphatic rings. The molecule has 11 N–H and O–H groups in total. The fraction of sp³-hybridized carbons (Fsp3) is 0.592. The van der Waals surface area contributed by atoms with Crippen LogP contribution in [0.5, 0.6) is 0 Å². The first-order valence-corrected chi connectivity index (χ1v) is 24.8. The van der Waals surface area contributed by atoms with Gasteiger partial charge in [0.05, 0.1) is 27.5 Å².